The number of hydrogen-bond acceptors (Lipinski definition) is 8. The zero-order chi connectivity index (χ0) is 38.3. The Morgan fingerprint density at radius 3 is 1.19 bits per heavy atom. The van der Waals surface area contributed by atoms with E-state index in [-0.39, 0.29) is 43.6 Å². The molecule has 0 N–H and O–H groups in total. The van der Waals surface area contributed by atoms with Crippen molar-refractivity contribution in [3.63, 3.8) is 0 Å². The number of ketones is 2. The molecule has 14 heteroatoms. The molecule has 0 atom stereocenters. The Hall–Kier alpha value is -6.82. The maximum atomic E-state index is 13.5. The number of fused-ring (bicyclic) bond motifs is 2. The molecule has 5 aromatic rings. The Labute approximate surface area is 309 Å². The fourth-order valence-corrected chi connectivity index (χ4v) is 8.78. The van der Waals surface area contributed by atoms with E-state index in [4.69, 9.17) is 8.37 Å². The molecule has 0 radical (unpaired) electrons. The van der Waals surface area contributed by atoms with E-state index in [0.717, 1.165) is 28.8 Å². The zero-order valence-corrected chi connectivity index (χ0v) is 29.8. The number of allylic oxidation sites excluding steroid dienone is 2. The number of rotatable bonds is 9. The molecule has 5 aromatic carbocycles. The summed E-state index contributed by atoms with van der Waals surface area (Å²) in [5.41, 5.74) is 19.6. The predicted molar refractivity (Wildman–Crippen MR) is 199 cm³/mol. The second-order valence-corrected chi connectivity index (χ2v) is 15.4. The molecule has 12 nitrogen and oxygen atoms in total. The largest absolute Gasteiger partial charge is 0.379 e. The highest BCUT2D eigenvalue weighted by atomic mass is 32.2. The minimum absolute atomic E-state index is 0.0180. The van der Waals surface area contributed by atoms with Crippen LogP contribution in [0.2, 0.25) is 0 Å². The minimum atomic E-state index is -4.51. The summed E-state index contributed by atoms with van der Waals surface area (Å²) in [7, 11) is -9.01. The first-order valence-corrected chi connectivity index (χ1v) is 19.0. The Morgan fingerprint density at radius 1 is 0.481 bits per heavy atom. The van der Waals surface area contributed by atoms with Crippen LogP contribution < -0.4 is 8.37 Å². The first-order valence-electron chi connectivity index (χ1n) is 16.2. The van der Waals surface area contributed by atoms with Gasteiger partial charge in [-0.15, -0.1) is 0 Å². The van der Waals surface area contributed by atoms with E-state index in [9.17, 15) is 37.5 Å². The van der Waals surface area contributed by atoms with Gasteiger partial charge in [0, 0.05) is 27.7 Å². The van der Waals surface area contributed by atoms with Crippen molar-refractivity contribution < 1.29 is 44.4 Å². The average molecular weight is 755 g/mol. The van der Waals surface area contributed by atoms with E-state index in [1.807, 2.05) is 37.3 Å². The number of nitrogens with zero attached hydrogens (tertiary/aromatic N) is 4. The highest BCUT2D eigenvalue weighted by Gasteiger charge is 2.38. The van der Waals surface area contributed by atoms with Crippen molar-refractivity contribution in [1.29, 1.82) is 0 Å². The summed E-state index contributed by atoms with van der Waals surface area (Å²) in [6, 6.07) is 34.3. The van der Waals surface area contributed by atoms with Crippen molar-refractivity contribution >= 4 is 53.0 Å². The molecule has 0 unspecified atom stereocenters. The Kier molecular flexibility index (Phi) is 8.98. The van der Waals surface area contributed by atoms with Crippen molar-refractivity contribution in [2.75, 3.05) is 0 Å². The third-order valence-electron chi connectivity index (χ3n) is 9.26. The molecule has 0 fully saturated rings. The zero-order valence-electron chi connectivity index (χ0n) is 28.2. The fourth-order valence-electron chi connectivity index (χ4n) is 6.47. The lowest BCUT2D eigenvalue weighted by Crippen LogP contribution is -2.26. The smallest absolute Gasteiger partial charge is 0.364 e. The molecule has 0 spiro atoms. The van der Waals surface area contributed by atoms with Crippen LogP contribution in [0.25, 0.3) is 20.9 Å². The summed E-state index contributed by atoms with van der Waals surface area (Å²) in [5, 5.41) is 0. The molecular weight excluding hydrogens is 729 g/mol. The topological polar surface area (TPSA) is 194 Å². The van der Waals surface area contributed by atoms with Crippen molar-refractivity contribution in [2.24, 2.45) is 0 Å². The Bertz CT molecular complexity index is 2610. The number of carbonyl (C=O) groups excluding carboxylic acids is 2. The standard InChI is InChI=1S/C40H26N4O8S2/c1-40(25-9-3-2-4-10-25,26-15-19-28(20-16-26)51-53(47,48)36-23-34(43-41)38(45)32-13-7-5-11-30(32)36)27-17-21-29(22-18-27)52-54(49,50)37-24-35(44-42)39(46)33-14-8-6-12-31(33)37/h2-24H,1H3. The summed E-state index contributed by atoms with van der Waals surface area (Å²) in [4.78, 5) is 30.5. The van der Waals surface area contributed by atoms with Crippen LogP contribution >= 0.6 is 0 Å². The lowest BCUT2D eigenvalue weighted by molar-refractivity contribution is -0.00460. The molecule has 0 heterocycles. The lowest BCUT2D eigenvalue weighted by atomic mass is 9.71. The molecule has 0 bridgehead atoms. The van der Waals surface area contributed by atoms with E-state index in [0.29, 0.717) is 0 Å². The van der Waals surface area contributed by atoms with Crippen LogP contribution in [0.15, 0.2) is 140 Å². The van der Waals surface area contributed by atoms with Crippen molar-refractivity contribution in [2.45, 2.75) is 12.3 Å². The van der Waals surface area contributed by atoms with Crippen LogP contribution in [0, 0.1) is 0 Å². The van der Waals surface area contributed by atoms with E-state index >= 15 is 0 Å². The minimum Gasteiger partial charge on any atom is -0.379 e. The van der Waals surface area contributed by atoms with Crippen molar-refractivity contribution in [3.8, 4) is 11.5 Å². The van der Waals surface area contributed by atoms with Crippen LogP contribution in [-0.2, 0) is 25.7 Å². The van der Waals surface area contributed by atoms with Gasteiger partial charge in [0.25, 0.3) is 11.6 Å². The molecule has 0 amide bonds. The van der Waals surface area contributed by atoms with Gasteiger partial charge in [0.15, 0.2) is 0 Å². The number of Topliss-reactive ketones (excluding diaryl/α,β-unsaturated/α-hetero) is 2. The average Bonchev–Trinajstić information content (AvgIpc) is 3.18. The van der Waals surface area contributed by atoms with E-state index in [2.05, 4.69) is 9.58 Å². The van der Waals surface area contributed by atoms with Crippen LogP contribution in [0.4, 0.5) is 0 Å². The number of benzene rings is 5. The normalized spacial score (nSPS) is 15.1. The van der Waals surface area contributed by atoms with Crippen molar-refractivity contribution in [3.05, 3.63) is 190 Å². The summed E-state index contributed by atoms with van der Waals surface area (Å²) < 4.78 is 65.1. The highest BCUT2D eigenvalue weighted by molar-refractivity contribution is 7.97. The first-order chi connectivity index (χ1) is 25.9. The molecule has 266 valence electrons. The van der Waals surface area contributed by atoms with Crippen molar-refractivity contribution in [1.82, 2.24) is 0 Å². The summed E-state index contributed by atoms with van der Waals surface area (Å²) in [6.07, 6.45) is 1.93. The fraction of sp³-hybridized carbons (Fsp3) is 0.0500. The van der Waals surface area contributed by atoms with Crippen LogP contribution in [-0.4, -0.2) is 49.4 Å². The molecule has 0 saturated heterocycles. The second-order valence-electron chi connectivity index (χ2n) is 12.4. The SMILES string of the molecule is CC(c1ccccc1)(c1ccc(OS(=O)(=O)C2=CC(=[N+]=[N-])C(=O)c3ccccc32)cc1)c1ccc(OS(=O)(=O)C2=CC(=[N+]=[N-])C(=O)c3ccccc32)cc1. The van der Waals surface area contributed by atoms with Gasteiger partial charge in [-0.3, -0.25) is 9.59 Å². The maximum Gasteiger partial charge on any atom is 0.364 e. The summed E-state index contributed by atoms with van der Waals surface area (Å²) >= 11 is 0. The van der Waals surface area contributed by atoms with Gasteiger partial charge < -0.3 is 19.4 Å². The van der Waals surface area contributed by atoms with Crippen LogP contribution in [0.3, 0.4) is 0 Å². The van der Waals surface area contributed by atoms with Gasteiger partial charge in [-0.25, -0.2) is 0 Å². The van der Waals surface area contributed by atoms with Gasteiger partial charge in [-0.05, 0) is 47.9 Å². The Balaban J connectivity index is 1.19. The lowest BCUT2D eigenvalue weighted by Gasteiger charge is -2.32. The highest BCUT2D eigenvalue weighted by Crippen LogP contribution is 2.41. The monoisotopic (exact) mass is 754 g/mol. The van der Waals surface area contributed by atoms with Gasteiger partial charge in [0.05, 0.1) is 12.2 Å². The van der Waals surface area contributed by atoms with E-state index < -0.39 is 48.6 Å². The van der Waals surface area contributed by atoms with E-state index in [1.165, 1.54) is 48.5 Å². The van der Waals surface area contributed by atoms with Crippen LogP contribution in [0.1, 0.15) is 55.5 Å². The predicted octanol–water partition coefficient (Wildman–Crippen LogP) is 6.27. The molecule has 7 rings (SSSR count). The second kappa shape index (κ2) is 13.6. The van der Waals surface area contributed by atoms with Gasteiger partial charge in [-0.1, -0.05) is 103 Å². The molecule has 54 heavy (non-hydrogen) atoms. The Morgan fingerprint density at radius 2 is 0.815 bits per heavy atom. The number of carbonyl (C=O) groups is 2. The quantitative estimate of drug-likeness (QED) is 0.0726. The summed E-state index contributed by atoms with van der Waals surface area (Å²) in [5.74, 6) is -1.30. The molecule has 0 saturated carbocycles. The van der Waals surface area contributed by atoms with Crippen LogP contribution in [0.5, 0.6) is 11.5 Å². The molecule has 2 aliphatic carbocycles. The molecule has 0 aliphatic heterocycles. The molecular formula is C40H26N4O8S2. The molecule has 2 aliphatic rings. The van der Waals surface area contributed by atoms with Gasteiger partial charge in [0.1, 0.15) is 21.3 Å². The van der Waals surface area contributed by atoms with E-state index in [1.54, 1.807) is 48.5 Å². The van der Waals surface area contributed by atoms with Gasteiger partial charge in [-0.2, -0.15) is 26.4 Å². The third kappa shape index (κ3) is 6.21. The number of hydrogen-bond donors (Lipinski definition) is 0. The summed E-state index contributed by atoms with van der Waals surface area (Å²) in [6.45, 7) is 1.95. The maximum absolute atomic E-state index is 13.5. The first kappa shape index (κ1) is 35.6. The molecule has 0 aromatic heterocycles. The van der Waals surface area contributed by atoms with Gasteiger partial charge in [0.2, 0.25) is 0 Å². The van der Waals surface area contributed by atoms with Gasteiger partial charge >= 0.3 is 31.7 Å². The third-order valence-corrected chi connectivity index (χ3v) is 11.8.